The van der Waals surface area contributed by atoms with Crippen LogP contribution in [-0.4, -0.2) is 17.0 Å². The topological polar surface area (TPSA) is 52.6 Å². The predicted molar refractivity (Wildman–Crippen MR) is 51.4 cm³/mol. The molecule has 0 heterocycles. The van der Waals surface area contributed by atoms with Crippen molar-refractivity contribution >= 4 is 23.5 Å². The maximum atomic E-state index is 11.1. The molecule has 0 aliphatic rings. The Hall–Kier alpha value is -1.55. The fourth-order valence-electron chi connectivity index (χ4n) is 0.511. The SMILES string of the molecule is C=COC(=O)C(Cl)(C=C)OC(=O)C=C. The largest absolute Gasteiger partial charge is 0.431 e. The van der Waals surface area contributed by atoms with Crippen LogP contribution in [0.5, 0.6) is 0 Å². The Morgan fingerprint density at radius 1 is 1.29 bits per heavy atom. The zero-order chi connectivity index (χ0) is 11.2. The van der Waals surface area contributed by atoms with Crippen molar-refractivity contribution in [1.82, 2.24) is 0 Å². The van der Waals surface area contributed by atoms with Crippen LogP contribution in [0.1, 0.15) is 0 Å². The lowest BCUT2D eigenvalue weighted by Crippen LogP contribution is -2.36. The lowest BCUT2D eigenvalue weighted by molar-refractivity contribution is -0.161. The van der Waals surface area contributed by atoms with Crippen LogP contribution in [0.25, 0.3) is 0 Å². The third-order valence-electron chi connectivity index (χ3n) is 1.15. The molecule has 14 heavy (non-hydrogen) atoms. The molecule has 1 unspecified atom stereocenters. The van der Waals surface area contributed by atoms with E-state index in [0.717, 1.165) is 18.4 Å². The molecule has 0 aromatic rings. The van der Waals surface area contributed by atoms with Crippen LogP contribution in [0.3, 0.4) is 0 Å². The van der Waals surface area contributed by atoms with Crippen molar-refractivity contribution < 1.29 is 19.1 Å². The molecule has 4 nitrogen and oxygen atoms in total. The van der Waals surface area contributed by atoms with Gasteiger partial charge in [-0.1, -0.05) is 31.3 Å². The summed E-state index contributed by atoms with van der Waals surface area (Å²) in [6.45, 7) is 9.54. The number of carbonyl (C=O) groups excluding carboxylic acids is 2. The van der Waals surface area contributed by atoms with Crippen LogP contribution < -0.4 is 0 Å². The Kier molecular flexibility index (Phi) is 4.66. The van der Waals surface area contributed by atoms with Crippen LogP contribution in [0.2, 0.25) is 0 Å². The van der Waals surface area contributed by atoms with E-state index >= 15 is 0 Å². The number of hydrogen-bond acceptors (Lipinski definition) is 4. The van der Waals surface area contributed by atoms with E-state index in [1.807, 2.05) is 0 Å². The monoisotopic (exact) mass is 216 g/mol. The molecule has 0 saturated heterocycles. The molecule has 0 aromatic heterocycles. The van der Waals surface area contributed by atoms with Crippen LogP contribution in [0, 0.1) is 0 Å². The molecule has 0 saturated carbocycles. The van der Waals surface area contributed by atoms with Crippen molar-refractivity contribution in [2.75, 3.05) is 0 Å². The van der Waals surface area contributed by atoms with Crippen molar-refractivity contribution in [2.24, 2.45) is 0 Å². The summed E-state index contributed by atoms with van der Waals surface area (Å²) in [5, 5.41) is -2.04. The Balaban J connectivity index is 4.69. The van der Waals surface area contributed by atoms with Crippen LogP contribution in [0.15, 0.2) is 38.2 Å². The summed E-state index contributed by atoms with van der Waals surface area (Å²) >= 11 is 5.60. The van der Waals surface area contributed by atoms with Crippen molar-refractivity contribution in [1.29, 1.82) is 0 Å². The number of rotatable bonds is 5. The van der Waals surface area contributed by atoms with Gasteiger partial charge in [0.1, 0.15) is 0 Å². The minimum Gasteiger partial charge on any atom is -0.431 e. The van der Waals surface area contributed by atoms with E-state index in [-0.39, 0.29) is 0 Å². The van der Waals surface area contributed by atoms with Gasteiger partial charge >= 0.3 is 17.0 Å². The number of hydrogen-bond donors (Lipinski definition) is 0. The van der Waals surface area contributed by atoms with Crippen LogP contribution in [0.4, 0.5) is 0 Å². The van der Waals surface area contributed by atoms with Gasteiger partial charge in [-0.2, -0.15) is 0 Å². The normalized spacial score (nSPS) is 13.2. The summed E-state index contributed by atoms with van der Waals surface area (Å²) in [6, 6.07) is 0. The van der Waals surface area contributed by atoms with Gasteiger partial charge in [-0.15, -0.1) is 0 Å². The Bertz CT molecular complexity index is 285. The van der Waals surface area contributed by atoms with Crippen LogP contribution >= 0.6 is 11.6 Å². The van der Waals surface area contributed by atoms with Gasteiger partial charge in [-0.25, -0.2) is 9.59 Å². The number of halogens is 1. The van der Waals surface area contributed by atoms with Crippen LogP contribution in [-0.2, 0) is 19.1 Å². The van der Waals surface area contributed by atoms with Gasteiger partial charge in [0, 0.05) is 6.08 Å². The minimum atomic E-state index is -2.04. The van der Waals surface area contributed by atoms with Crippen molar-refractivity contribution in [3.05, 3.63) is 38.2 Å². The molecule has 0 aliphatic heterocycles. The highest BCUT2D eigenvalue weighted by molar-refractivity contribution is 6.35. The van der Waals surface area contributed by atoms with Gasteiger partial charge in [0.05, 0.1) is 6.26 Å². The highest BCUT2D eigenvalue weighted by atomic mass is 35.5. The third kappa shape index (κ3) is 3.06. The summed E-state index contributed by atoms with van der Waals surface area (Å²) in [6.07, 6.45) is 2.66. The van der Waals surface area contributed by atoms with Crippen molar-refractivity contribution in [2.45, 2.75) is 5.06 Å². The standard InChI is InChI=1S/C9H9ClO4/c1-4-7(11)14-9(10,5-2)8(12)13-6-3/h4-6H,1-3H2. The molecule has 0 bridgehead atoms. The highest BCUT2D eigenvalue weighted by Crippen LogP contribution is 2.21. The molecule has 76 valence electrons. The summed E-state index contributed by atoms with van der Waals surface area (Å²) in [4.78, 5) is 21.9. The molecule has 0 amide bonds. The molecule has 0 spiro atoms. The molecule has 0 radical (unpaired) electrons. The summed E-state index contributed by atoms with van der Waals surface area (Å²) < 4.78 is 8.87. The first-order valence-corrected chi connectivity index (χ1v) is 3.88. The molecule has 0 fully saturated rings. The second kappa shape index (κ2) is 5.24. The predicted octanol–water partition coefficient (Wildman–Crippen LogP) is 1.52. The van der Waals surface area contributed by atoms with Gasteiger partial charge in [-0.3, -0.25) is 0 Å². The summed E-state index contributed by atoms with van der Waals surface area (Å²) in [5.74, 6) is -1.86. The first-order chi connectivity index (χ1) is 6.50. The molecule has 0 aliphatic carbocycles. The quantitative estimate of drug-likeness (QED) is 0.230. The molecule has 1 atom stereocenters. The van der Waals surface area contributed by atoms with Gasteiger partial charge in [0.2, 0.25) is 0 Å². The molecular formula is C9H9ClO4. The zero-order valence-electron chi connectivity index (χ0n) is 7.36. The maximum Gasteiger partial charge on any atom is 0.376 e. The average molecular weight is 217 g/mol. The van der Waals surface area contributed by atoms with E-state index in [4.69, 9.17) is 11.6 Å². The zero-order valence-corrected chi connectivity index (χ0v) is 8.12. The fourth-order valence-corrected chi connectivity index (χ4v) is 0.631. The van der Waals surface area contributed by atoms with E-state index in [1.54, 1.807) is 0 Å². The third-order valence-corrected chi connectivity index (χ3v) is 1.53. The minimum absolute atomic E-state index is 0.860. The van der Waals surface area contributed by atoms with Gasteiger partial charge in [0.15, 0.2) is 0 Å². The Morgan fingerprint density at radius 2 is 1.86 bits per heavy atom. The number of alkyl halides is 1. The number of ether oxygens (including phenoxy) is 2. The molecule has 0 rings (SSSR count). The first kappa shape index (κ1) is 12.4. The summed E-state index contributed by atoms with van der Waals surface area (Å²) in [5.41, 5.74) is 0. The van der Waals surface area contributed by atoms with Gasteiger partial charge < -0.3 is 9.47 Å². The number of esters is 2. The highest BCUT2D eigenvalue weighted by Gasteiger charge is 2.38. The van der Waals surface area contributed by atoms with Crippen molar-refractivity contribution in [3.63, 3.8) is 0 Å². The first-order valence-electron chi connectivity index (χ1n) is 3.50. The van der Waals surface area contributed by atoms with Crippen molar-refractivity contribution in [3.8, 4) is 0 Å². The number of carbonyl (C=O) groups is 2. The molecule has 0 aromatic carbocycles. The summed E-state index contributed by atoms with van der Waals surface area (Å²) in [7, 11) is 0. The van der Waals surface area contributed by atoms with E-state index in [9.17, 15) is 9.59 Å². The smallest absolute Gasteiger partial charge is 0.376 e. The lowest BCUT2D eigenvalue weighted by Gasteiger charge is -2.19. The maximum absolute atomic E-state index is 11.1. The Morgan fingerprint density at radius 3 is 2.21 bits per heavy atom. The average Bonchev–Trinajstić information content (AvgIpc) is 2.17. The molecular weight excluding hydrogens is 208 g/mol. The lowest BCUT2D eigenvalue weighted by atomic mass is 10.3. The molecule has 5 heteroatoms. The van der Waals surface area contributed by atoms with Gasteiger partial charge in [-0.05, 0) is 6.08 Å². The van der Waals surface area contributed by atoms with E-state index < -0.39 is 17.0 Å². The van der Waals surface area contributed by atoms with E-state index in [0.29, 0.717) is 0 Å². The second-order valence-electron chi connectivity index (χ2n) is 2.05. The van der Waals surface area contributed by atoms with Gasteiger partial charge in [0.25, 0.3) is 0 Å². The second-order valence-corrected chi connectivity index (χ2v) is 2.61. The van der Waals surface area contributed by atoms with E-state index in [1.165, 1.54) is 0 Å². The molecule has 0 N–H and O–H groups in total. The Labute approximate surface area is 86.4 Å². The van der Waals surface area contributed by atoms with E-state index in [2.05, 4.69) is 29.2 Å². The fraction of sp³-hybridized carbons (Fsp3) is 0.111.